The zero-order valence-corrected chi connectivity index (χ0v) is 17.3. The van der Waals surface area contributed by atoms with E-state index in [-0.39, 0.29) is 13.2 Å². The highest BCUT2D eigenvalue weighted by Gasteiger charge is 2.46. The first-order chi connectivity index (χ1) is 15.2. The van der Waals surface area contributed by atoms with Crippen LogP contribution in [0, 0.1) is 0 Å². The Bertz CT molecular complexity index is 1100. The number of carbonyl (C=O) groups is 4. The first-order valence-electron chi connectivity index (χ1n) is 9.42. The Labute approximate surface area is 182 Å². The molecular weight excluding hydrogens is 420 g/mol. The molecule has 0 bridgehead atoms. The monoisotopic (exact) mass is 440 g/mol. The molecule has 1 aliphatic rings. The van der Waals surface area contributed by atoms with Gasteiger partial charge in [-0.1, -0.05) is 0 Å². The van der Waals surface area contributed by atoms with E-state index in [1.54, 1.807) is 12.1 Å². The normalized spacial score (nSPS) is 13.9. The molecule has 2 aromatic heterocycles. The first kappa shape index (κ1) is 22.3. The zero-order valence-electron chi connectivity index (χ0n) is 17.3. The summed E-state index contributed by atoms with van der Waals surface area (Å²) in [6.45, 7) is 2.34. The summed E-state index contributed by atoms with van der Waals surface area (Å²) in [5.41, 5.74) is 0.0883. The molecule has 3 rings (SSSR count). The number of allylic oxidation sites excluding steroid dienone is 2. The molecule has 0 aliphatic heterocycles. The molecule has 2 heterocycles. The Morgan fingerprint density at radius 1 is 0.781 bits per heavy atom. The van der Waals surface area contributed by atoms with Gasteiger partial charge in [-0.25, -0.2) is 0 Å². The van der Waals surface area contributed by atoms with E-state index in [2.05, 4.69) is 0 Å². The van der Waals surface area contributed by atoms with Crippen LogP contribution >= 0.6 is 0 Å². The Kier molecular flexibility index (Phi) is 6.43. The standard InChI is InChI=1S/C22H18N2O8/c1-13(25)31-11-15-5-3-7-23(9-15)17-19(27)21(29)18(22(30)20(17)28)24-8-4-6-16(10-24)12-32-14(2)26/h3-10H,11-12H2,1-2H3/p+2. The van der Waals surface area contributed by atoms with Crippen LogP contribution in [0.1, 0.15) is 25.0 Å². The lowest BCUT2D eigenvalue weighted by molar-refractivity contribution is -0.583. The predicted molar refractivity (Wildman–Crippen MR) is 106 cm³/mol. The number of nitrogens with zero attached hydrogens (tertiary/aromatic N) is 2. The topological polar surface area (TPSA) is 135 Å². The molecule has 0 radical (unpaired) electrons. The summed E-state index contributed by atoms with van der Waals surface area (Å²) >= 11 is 0. The highest BCUT2D eigenvalue weighted by Crippen LogP contribution is 2.22. The number of esters is 2. The van der Waals surface area contributed by atoms with Crippen LogP contribution in [-0.2, 0) is 41.9 Å². The van der Waals surface area contributed by atoms with Gasteiger partial charge in [0.2, 0.25) is 11.5 Å². The van der Waals surface area contributed by atoms with Gasteiger partial charge in [-0.3, -0.25) is 19.2 Å². The number of aliphatic hydroxyl groups excluding tert-OH is 2. The minimum Gasteiger partial charge on any atom is -0.499 e. The highest BCUT2D eigenvalue weighted by atomic mass is 16.5. The summed E-state index contributed by atoms with van der Waals surface area (Å²) in [4.78, 5) is 47.8. The van der Waals surface area contributed by atoms with Crippen LogP contribution in [0.3, 0.4) is 0 Å². The average Bonchev–Trinajstić information content (AvgIpc) is 2.76. The van der Waals surface area contributed by atoms with Gasteiger partial charge in [0.05, 0.1) is 11.1 Å². The van der Waals surface area contributed by atoms with Gasteiger partial charge in [0.15, 0.2) is 24.8 Å². The van der Waals surface area contributed by atoms with Crippen LogP contribution in [-0.4, -0.2) is 33.7 Å². The third kappa shape index (κ3) is 4.69. The molecular formula is C22H20N2O8+2. The van der Waals surface area contributed by atoms with Gasteiger partial charge in [-0.15, -0.1) is 0 Å². The number of aromatic nitrogens is 2. The Morgan fingerprint density at radius 3 is 1.50 bits per heavy atom. The maximum Gasteiger partial charge on any atom is 0.309 e. The van der Waals surface area contributed by atoms with E-state index >= 15 is 0 Å². The van der Waals surface area contributed by atoms with Gasteiger partial charge in [-0.05, 0) is 12.1 Å². The maximum absolute atomic E-state index is 12.9. The van der Waals surface area contributed by atoms with Crippen molar-refractivity contribution >= 4 is 34.9 Å². The molecule has 0 fully saturated rings. The van der Waals surface area contributed by atoms with E-state index < -0.39 is 46.4 Å². The molecule has 2 aromatic rings. The number of hydrogen-bond donors (Lipinski definition) is 2. The Hall–Kier alpha value is -4.34. The van der Waals surface area contributed by atoms with Crippen LogP contribution in [0.2, 0.25) is 0 Å². The SMILES string of the molecule is CC(=O)OCc1ccc[n+](C2=C(O)C(=O)C([n+]3cccc(COC(C)=O)c3)=C(O)C2=O)c1. The predicted octanol–water partition coefficient (Wildman–Crippen LogP) is 0.693. The lowest BCUT2D eigenvalue weighted by Gasteiger charge is -2.11. The van der Waals surface area contributed by atoms with Crippen LogP contribution in [0.4, 0.5) is 0 Å². The first-order valence-corrected chi connectivity index (χ1v) is 9.42. The molecule has 0 spiro atoms. The third-order valence-electron chi connectivity index (χ3n) is 4.43. The van der Waals surface area contributed by atoms with E-state index in [1.165, 1.54) is 59.9 Å². The van der Waals surface area contributed by atoms with Gasteiger partial charge >= 0.3 is 34.9 Å². The van der Waals surface area contributed by atoms with Crippen molar-refractivity contribution in [1.82, 2.24) is 0 Å². The van der Waals surface area contributed by atoms with Crippen molar-refractivity contribution in [3.63, 3.8) is 0 Å². The largest absolute Gasteiger partial charge is 0.499 e. The maximum atomic E-state index is 12.9. The smallest absolute Gasteiger partial charge is 0.309 e. The van der Waals surface area contributed by atoms with Crippen molar-refractivity contribution in [3.8, 4) is 0 Å². The molecule has 0 saturated carbocycles. The molecule has 0 saturated heterocycles. The number of aliphatic hydroxyl groups is 2. The van der Waals surface area contributed by atoms with E-state index in [9.17, 15) is 29.4 Å². The Morgan fingerprint density at radius 2 is 1.16 bits per heavy atom. The summed E-state index contributed by atoms with van der Waals surface area (Å²) in [6, 6.07) is 6.30. The number of ether oxygens (including phenoxy) is 2. The van der Waals surface area contributed by atoms with Crippen LogP contribution in [0.25, 0.3) is 11.4 Å². The van der Waals surface area contributed by atoms with Gasteiger partial charge < -0.3 is 19.7 Å². The summed E-state index contributed by atoms with van der Waals surface area (Å²) in [6.07, 6.45) is 5.59. The number of ketones is 2. The third-order valence-corrected chi connectivity index (χ3v) is 4.43. The van der Waals surface area contributed by atoms with Crippen molar-refractivity contribution in [2.45, 2.75) is 27.1 Å². The molecule has 10 heteroatoms. The minimum atomic E-state index is -0.982. The lowest BCUT2D eigenvalue weighted by Crippen LogP contribution is -2.46. The molecule has 1 aliphatic carbocycles. The molecule has 0 aromatic carbocycles. The number of hydrogen-bond acceptors (Lipinski definition) is 8. The van der Waals surface area contributed by atoms with Gasteiger partial charge in [0.25, 0.3) is 0 Å². The summed E-state index contributed by atoms with van der Waals surface area (Å²) in [5, 5.41) is 21.1. The lowest BCUT2D eigenvalue weighted by atomic mass is 10.0. The van der Waals surface area contributed by atoms with Crippen molar-refractivity contribution < 1.29 is 48.0 Å². The second kappa shape index (κ2) is 9.21. The summed E-state index contributed by atoms with van der Waals surface area (Å²) < 4.78 is 12.2. The van der Waals surface area contributed by atoms with Crippen molar-refractivity contribution in [3.05, 3.63) is 71.7 Å². The molecule has 0 amide bonds. The van der Waals surface area contributed by atoms with Crippen molar-refractivity contribution in [1.29, 1.82) is 0 Å². The Balaban J connectivity index is 1.97. The molecule has 2 N–H and O–H groups in total. The van der Waals surface area contributed by atoms with E-state index in [4.69, 9.17) is 9.47 Å². The minimum absolute atomic E-state index is 0.0790. The number of pyridine rings is 2. The molecule has 164 valence electrons. The average molecular weight is 440 g/mol. The molecule has 0 unspecified atom stereocenters. The zero-order chi connectivity index (χ0) is 23.4. The van der Waals surface area contributed by atoms with Crippen molar-refractivity contribution in [2.24, 2.45) is 0 Å². The second-order valence-corrected chi connectivity index (χ2v) is 6.85. The fraction of sp³-hybridized carbons (Fsp3) is 0.182. The fourth-order valence-corrected chi connectivity index (χ4v) is 3.00. The number of Topliss-reactive ketones (excluding diaryl/α,β-unsaturated/α-hetero) is 2. The quantitative estimate of drug-likeness (QED) is 0.381. The van der Waals surface area contributed by atoms with E-state index in [1.807, 2.05) is 0 Å². The van der Waals surface area contributed by atoms with Crippen LogP contribution < -0.4 is 9.13 Å². The summed E-state index contributed by atoms with van der Waals surface area (Å²) in [5.74, 6) is -4.69. The molecule has 32 heavy (non-hydrogen) atoms. The summed E-state index contributed by atoms with van der Waals surface area (Å²) in [7, 11) is 0. The van der Waals surface area contributed by atoms with E-state index in [0.717, 1.165) is 0 Å². The van der Waals surface area contributed by atoms with Crippen LogP contribution in [0.15, 0.2) is 60.6 Å². The molecule has 10 nitrogen and oxygen atoms in total. The second-order valence-electron chi connectivity index (χ2n) is 6.85. The molecule has 0 atom stereocenters. The van der Waals surface area contributed by atoms with E-state index in [0.29, 0.717) is 11.1 Å². The number of rotatable bonds is 6. The van der Waals surface area contributed by atoms with Gasteiger partial charge in [0.1, 0.15) is 13.2 Å². The van der Waals surface area contributed by atoms with Gasteiger partial charge in [-0.2, -0.15) is 9.13 Å². The highest BCUT2D eigenvalue weighted by molar-refractivity contribution is 6.39. The van der Waals surface area contributed by atoms with Crippen LogP contribution in [0.5, 0.6) is 0 Å². The van der Waals surface area contributed by atoms with Gasteiger partial charge in [0, 0.05) is 26.0 Å². The number of carbonyl (C=O) groups excluding carboxylic acids is 4. The van der Waals surface area contributed by atoms with Crippen molar-refractivity contribution in [2.75, 3.05) is 0 Å². The fourth-order valence-electron chi connectivity index (χ4n) is 3.00.